The van der Waals surface area contributed by atoms with Gasteiger partial charge in [-0.05, 0) is 12.1 Å². The van der Waals surface area contributed by atoms with Crippen LogP contribution >= 0.6 is 0 Å². The van der Waals surface area contributed by atoms with Crippen molar-refractivity contribution < 1.29 is 10.2 Å². The molecule has 0 aliphatic heterocycles. The summed E-state index contributed by atoms with van der Waals surface area (Å²) in [6.45, 7) is -0.250. The number of para-hydroxylation sites is 2. The molecule has 0 amide bonds. The van der Waals surface area contributed by atoms with Crippen molar-refractivity contribution in [3.05, 3.63) is 48.5 Å². The van der Waals surface area contributed by atoms with Crippen LogP contribution in [0.2, 0.25) is 0 Å². The zero-order valence-electron chi connectivity index (χ0n) is 9.43. The number of fused-ring (bicyclic) bond motifs is 3. The molecular formula is C14H15NO2. The first-order valence-electron chi connectivity index (χ1n) is 5.54. The number of H-pyrrole nitrogens is 1. The summed E-state index contributed by atoms with van der Waals surface area (Å²) in [6.07, 6.45) is 0. The number of aliphatic hydroxyl groups excluding tert-OH is 2. The van der Waals surface area contributed by atoms with Gasteiger partial charge in [0.2, 0.25) is 0 Å². The largest absolute Gasteiger partial charge is 0.394 e. The first kappa shape index (κ1) is 11.6. The van der Waals surface area contributed by atoms with Crippen molar-refractivity contribution in [1.82, 2.24) is 4.98 Å². The number of hydrogen-bond donors (Lipinski definition) is 3. The van der Waals surface area contributed by atoms with E-state index >= 15 is 0 Å². The van der Waals surface area contributed by atoms with Crippen LogP contribution in [0.25, 0.3) is 21.8 Å². The fourth-order valence-electron chi connectivity index (χ4n) is 1.80. The van der Waals surface area contributed by atoms with Crippen LogP contribution in [0.3, 0.4) is 0 Å². The lowest BCUT2D eigenvalue weighted by Gasteiger charge is -1.87. The summed E-state index contributed by atoms with van der Waals surface area (Å²) in [5.41, 5.74) is 2.42. The monoisotopic (exact) mass is 229 g/mol. The van der Waals surface area contributed by atoms with Crippen molar-refractivity contribution in [3.63, 3.8) is 0 Å². The molecule has 1 aromatic heterocycles. The minimum atomic E-state index is -0.125. The summed E-state index contributed by atoms with van der Waals surface area (Å²) in [7, 11) is 0. The van der Waals surface area contributed by atoms with Crippen LogP contribution in [0.15, 0.2) is 48.5 Å². The summed E-state index contributed by atoms with van der Waals surface area (Å²) < 4.78 is 0. The third-order valence-corrected chi connectivity index (χ3v) is 2.51. The molecule has 17 heavy (non-hydrogen) atoms. The van der Waals surface area contributed by atoms with Crippen LogP contribution < -0.4 is 0 Å². The number of aromatic amines is 1. The van der Waals surface area contributed by atoms with Gasteiger partial charge in [0.15, 0.2) is 0 Å². The van der Waals surface area contributed by atoms with E-state index < -0.39 is 0 Å². The van der Waals surface area contributed by atoms with Gasteiger partial charge in [-0.1, -0.05) is 36.4 Å². The molecule has 3 N–H and O–H groups in total. The Morgan fingerprint density at radius 3 is 1.53 bits per heavy atom. The van der Waals surface area contributed by atoms with Gasteiger partial charge in [0.05, 0.1) is 13.2 Å². The summed E-state index contributed by atoms with van der Waals surface area (Å²) >= 11 is 0. The van der Waals surface area contributed by atoms with E-state index in [2.05, 4.69) is 53.5 Å². The Kier molecular flexibility index (Phi) is 3.75. The fraction of sp³-hybridized carbons (Fsp3) is 0.143. The van der Waals surface area contributed by atoms with E-state index in [1.807, 2.05) is 0 Å². The Morgan fingerprint density at radius 2 is 1.12 bits per heavy atom. The highest BCUT2D eigenvalue weighted by Crippen LogP contribution is 2.24. The quantitative estimate of drug-likeness (QED) is 0.599. The van der Waals surface area contributed by atoms with E-state index in [0.29, 0.717) is 0 Å². The van der Waals surface area contributed by atoms with Crippen LogP contribution in [0, 0.1) is 0 Å². The van der Waals surface area contributed by atoms with E-state index in [9.17, 15) is 0 Å². The molecule has 3 nitrogen and oxygen atoms in total. The third-order valence-electron chi connectivity index (χ3n) is 2.51. The van der Waals surface area contributed by atoms with Gasteiger partial charge in [-0.25, -0.2) is 0 Å². The van der Waals surface area contributed by atoms with E-state index in [1.165, 1.54) is 21.8 Å². The molecular weight excluding hydrogens is 214 g/mol. The normalized spacial score (nSPS) is 10.2. The Balaban J connectivity index is 0.000000239. The zero-order chi connectivity index (χ0) is 12.1. The van der Waals surface area contributed by atoms with E-state index in [-0.39, 0.29) is 13.2 Å². The van der Waals surface area contributed by atoms with Gasteiger partial charge in [0.1, 0.15) is 0 Å². The van der Waals surface area contributed by atoms with Crippen molar-refractivity contribution in [1.29, 1.82) is 0 Å². The van der Waals surface area contributed by atoms with Crippen molar-refractivity contribution in [2.24, 2.45) is 0 Å². The van der Waals surface area contributed by atoms with Crippen molar-refractivity contribution in [2.75, 3.05) is 13.2 Å². The molecule has 3 rings (SSSR count). The molecule has 88 valence electrons. The van der Waals surface area contributed by atoms with Gasteiger partial charge in [-0.2, -0.15) is 0 Å². The number of aromatic nitrogens is 1. The second-order valence-electron chi connectivity index (χ2n) is 3.66. The van der Waals surface area contributed by atoms with Gasteiger partial charge in [-0.15, -0.1) is 0 Å². The summed E-state index contributed by atoms with van der Waals surface area (Å²) in [6, 6.07) is 16.8. The summed E-state index contributed by atoms with van der Waals surface area (Å²) in [5, 5.41) is 17.9. The molecule has 0 unspecified atom stereocenters. The highest BCUT2D eigenvalue weighted by atomic mass is 16.3. The maximum Gasteiger partial charge on any atom is 0.0662 e. The molecule has 0 bridgehead atoms. The highest BCUT2D eigenvalue weighted by molar-refractivity contribution is 6.06. The fourth-order valence-corrected chi connectivity index (χ4v) is 1.80. The molecule has 0 saturated heterocycles. The van der Waals surface area contributed by atoms with Crippen molar-refractivity contribution >= 4 is 21.8 Å². The summed E-state index contributed by atoms with van der Waals surface area (Å²) in [4.78, 5) is 3.38. The first-order chi connectivity index (χ1) is 8.36. The van der Waals surface area contributed by atoms with Crippen molar-refractivity contribution in [2.45, 2.75) is 0 Å². The molecule has 0 atom stereocenters. The average Bonchev–Trinajstić information content (AvgIpc) is 2.77. The first-order valence-corrected chi connectivity index (χ1v) is 5.54. The molecule has 1 heterocycles. The van der Waals surface area contributed by atoms with E-state index in [0.717, 1.165) is 0 Å². The SMILES string of the molecule is OCCO.c1ccc2c(c1)[nH]c1ccccc12. The third kappa shape index (κ3) is 2.46. The van der Waals surface area contributed by atoms with Gasteiger partial charge in [-0.3, -0.25) is 0 Å². The van der Waals surface area contributed by atoms with Gasteiger partial charge in [0.25, 0.3) is 0 Å². The molecule has 2 aromatic carbocycles. The molecule has 0 fully saturated rings. The Labute approximate surface area is 99.3 Å². The maximum atomic E-state index is 7.62. The predicted octanol–water partition coefficient (Wildman–Crippen LogP) is 2.29. The number of hydrogen-bond acceptors (Lipinski definition) is 2. The second kappa shape index (κ2) is 5.48. The Bertz CT molecular complexity index is 549. The molecule has 3 aromatic rings. The molecule has 3 heteroatoms. The molecule has 0 aliphatic carbocycles. The predicted molar refractivity (Wildman–Crippen MR) is 70.0 cm³/mol. The van der Waals surface area contributed by atoms with E-state index in [1.54, 1.807) is 0 Å². The smallest absolute Gasteiger partial charge is 0.0662 e. The highest BCUT2D eigenvalue weighted by Gasteiger charge is 2.00. The maximum absolute atomic E-state index is 7.62. The molecule has 0 aliphatic rings. The van der Waals surface area contributed by atoms with Gasteiger partial charge in [0, 0.05) is 21.8 Å². The second-order valence-corrected chi connectivity index (χ2v) is 3.66. The lowest BCUT2D eigenvalue weighted by atomic mass is 10.2. The Morgan fingerprint density at radius 1 is 0.706 bits per heavy atom. The van der Waals surface area contributed by atoms with Crippen LogP contribution in [0.1, 0.15) is 0 Å². The van der Waals surface area contributed by atoms with E-state index in [4.69, 9.17) is 10.2 Å². The van der Waals surface area contributed by atoms with Crippen LogP contribution in [0.5, 0.6) is 0 Å². The topological polar surface area (TPSA) is 56.2 Å². The van der Waals surface area contributed by atoms with Crippen LogP contribution in [-0.4, -0.2) is 28.4 Å². The van der Waals surface area contributed by atoms with Crippen LogP contribution in [0.4, 0.5) is 0 Å². The standard InChI is InChI=1S/C12H9N.C2H6O2/c1-3-7-11-9(5-1)10-6-2-4-8-12(10)13-11;3-1-2-4/h1-8,13H;3-4H,1-2H2. The minimum absolute atomic E-state index is 0.125. The zero-order valence-corrected chi connectivity index (χ0v) is 9.43. The number of nitrogens with one attached hydrogen (secondary N) is 1. The number of aliphatic hydroxyl groups is 2. The molecule has 0 radical (unpaired) electrons. The van der Waals surface area contributed by atoms with Gasteiger partial charge >= 0.3 is 0 Å². The summed E-state index contributed by atoms with van der Waals surface area (Å²) in [5.74, 6) is 0. The molecule has 0 spiro atoms. The van der Waals surface area contributed by atoms with Gasteiger partial charge < -0.3 is 15.2 Å². The minimum Gasteiger partial charge on any atom is -0.394 e. The lowest BCUT2D eigenvalue weighted by Crippen LogP contribution is -1.85. The lowest BCUT2D eigenvalue weighted by molar-refractivity contribution is 0.186. The number of benzene rings is 2. The molecule has 0 saturated carbocycles. The van der Waals surface area contributed by atoms with Crippen molar-refractivity contribution in [3.8, 4) is 0 Å². The van der Waals surface area contributed by atoms with Crippen LogP contribution in [-0.2, 0) is 0 Å². The average molecular weight is 229 g/mol. The Hall–Kier alpha value is -1.84. The number of rotatable bonds is 1.